The number of nitrogens with one attached hydrogen (secondary N) is 1. The quantitative estimate of drug-likeness (QED) is 0.872. The van der Waals surface area contributed by atoms with E-state index >= 15 is 0 Å². The van der Waals surface area contributed by atoms with Gasteiger partial charge in [-0.3, -0.25) is 0 Å². The molecule has 0 fully saturated rings. The van der Waals surface area contributed by atoms with Gasteiger partial charge in [0, 0.05) is 12.0 Å². The molecule has 1 aliphatic heterocycles. The Morgan fingerprint density at radius 1 is 1.50 bits per heavy atom. The van der Waals surface area contributed by atoms with Crippen molar-refractivity contribution in [2.24, 2.45) is 4.99 Å². The molecule has 1 heterocycles. The molecule has 0 saturated heterocycles. The molecular weight excluding hydrogens is 284 g/mol. The number of nitrogens with zero attached hydrogens (tertiary/aromatic N) is 1. The number of rotatable bonds is 5. The van der Waals surface area contributed by atoms with Crippen LogP contribution in [0.25, 0.3) is 6.08 Å². The summed E-state index contributed by atoms with van der Waals surface area (Å²) in [7, 11) is 0. The molecule has 0 saturated carbocycles. The summed E-state index contributed by atoms with van der Waals surface area (Å²) >= 11 is 0. The number of aliphatic carboxylic acids is 1. The molecule has 6 nitrogen and oxygen atoms in total. The molecule has 1 aliphatic carbocycles. The summed E-state index contributed by atoms with van der Waals surface area (Å²) in [4.78, 5) is 20.4. The zero-order chi connectivity index (χ0) is 15.4. The van der Waals surface area contributed by atoms with Gasteiger partial charge in [-0.2, -0.15) is 0 Å². The van der Waals surface area contributed by atoms with Gasteiger partial charge in [0.05, 0.1) is 5.70 Å². The van der Waals surface area contributed by atoms with Crippen LogP contribution in [0.4, 0.5) is 0 Å². The molecular formula is C16H16N2O4. The smallest absolute Gasteiger partial charge is 0.345 e. The normalized spacial score (nSPS) is 16.8. The van der Waals surface area contributed by atoms with E-state index in [0.717, 1.165) is 24.0 Å². The molecule has 0 aromatic heterocycles. The maximum atomic E-state index is 11.5. The van der Waals surface area contributed by atoms with Gasteiger partial charge in [0.1, 0.15) is 18.4 Å². The minimum atomic E-state index is -1.03. The first-order chi connectivity index (χ1) is 10.7. The van der Waals surface area contributed by atoms with E-state index in [9.17, 15) is 9.90 Å². The van der Waals surface area contributed by atoms with Crippen molar-refractivity contribution >= 4 is 18.4 Å². The molecule has 3 rings (SSSR count). The van der Waals surface area contributed by atoms with Crippen LogP contribution in [0.2, 0.25) is 0 Å². The molecule has 1 atom stereocenters. The summed E-state index contributed by atoms with van der Waals surface area (Å²) < 4.78 is 5.75. The van der Waals surface area contributed by atoms with E-state index in [-0.39, 0.29) is 6.42 Å². The zero-order valence-corrected chi connectivity index (χ0v) is 11.9. The number of allylic oxidation sites excluding steroid dienone is 1. The molecule has 0 radical (unpaired) electrons. The first-order valence-electron chi connectivity index (χ1n) is 7.04. The van der Waals surface area contributed by atoms with Crippen molar-refractivity contribution in [1.29, 1.82) is 0 Å². The van der Waals surface area contributed by atoms with Gasteiger partial charge in [0.2, 0.25) is 6.10 Å². The second kappa shape index (κ2) is 6.34. The standard InChI is InChI=1S/C16H16N2O4/c19-16(20)15(8-12-9-21-18-10-17-12)22-14-7-3-5-11-4-1-2-6-13(11)14/h1,3-5,7,9-10,15H,2,6,8H2,(H,17,18)(H,19,20). The highest BCUT2D eigenvalue weighted by molar-refractivity contribution is 5.73. The highest BCUT2D eigenvalue weighted by atomic mass is 16.6. The fraction of sp³-hybridized carbons (Fsp3) is 0.250. The van der Waals surface area contributed by atoms with Crippen molar-refractivity contribution in [3.63, 3.8) is 0 Å². The van der Waals surface area contributed by atoms with Crippen LogP contribution in [0.3, 0.4) is 0 Å². The molecule has 2 aliphatic rings. The van der Waals surface area contributed by atoms with Crippen molar-refractivity contribution in [1.82, 2.24) is 5.48 Å². The number of ether oxygens (including phenoxy) is 1. The summed E-state index contributed by atoms with van der Waals surface area (Å²) in [5.41, 5.74) is 5.08. The molecule has 1 aromatic carbocycles. The molecule has 2 N–H and O–H groups in total. The maximum Gasteiger partial charge on any atom is 0.345 e. The minimum absolute atomic E-state index is 0.132. The molecule has 6 heteroatoms. The van der Waals surface area contributed by atoms with Gasteiger partial charge in [0.25, 0.3) is 0 Å². The van der Waals surface area contributed by atoms with Crippen LogP contribution in [0.5, 0.6) is 5.75 Å². The minimum Gasteiger partial charge on any atom is -0.478 e. The van der Waals surface area contributed by atoms with Crippen LogP contribution in [-0.4, -0.2) is 23.5 Å². The lowest BCUT2D eigenvalue weighted by Crippen LogP contribution is -2.28. The van der Waals surface area contributed by atoms with E-state index in [2.05, 4.69) is 16.5 Å². The lowest BCUT2D eigenvalue weighted by Gasteiger charge is -2.20. The summed E-state index contributed by atoms with van der Waals surface area (Å²) in [6, 6.07) is 5.68. The van der Waals surface area contributed by atoms with Gasteiger partial charge in [-0.05, 0) is 24.5 Å². The van der Waals surface area contributed by atoms with Gasteiger partial charge < -0.3 is 14.7 Å². The SMILES string of the molecule is O=C(O)C(CC1=CONC=N1)Oc1cccc2c1CCC=C2. The average molecular weight is 300 g/mol. The molecule has 114 valence electrons. The third kappa shape index (κ3) is 3.11. The second-order valence-corrected chi connectivity index (χ2v) is 5.02. The summed E-state index contributed by atoms with van der Waals surface area (Å²) in [5, 5.41) is 9.39. The number of hydrogen-bond donors (Lipinski definition) is 2. The van der Waals surface area contributed by atoms with Crippen LogP contribution in [-0.2, 0) is 16.1 Å². The van der Waals surface area contributed by atoms with E-state index in [4.69, 9.17) is 9.57 Å². The Labute approximate surface area is 127 Å². The molecule has 0 amide bonds. The number of carbonyl (C=O) groups is 1. The molecule has 0 spiro atoms. The summed E-state index contributed by atoms with van der Waals surface area (Å²) in [6.07, 6.45) is 7.78. The zero-order valence-electron chi connectivity index (χ0n) is 11.9. The highest BCUT2D eigenvalue weighted by Gasteiger charge is 2.24. The van der Waals surface area contributed by atoms with Crippen molar-refractivity contribution in [3.8, 4) is 5.75 Å². The Morgan fingerprint density at radius 3 is 3.18 bits per heavy atom. The topological polar surface area (TPSA) is 80.2 Å². The predicted octanol–water partition coefficient (Wildman–Crippen LogP) is 2.27. The largest absolute Gasteiger partial charge is 0.478 e. The third-order valence-electron chi connectivity index (χ3n) is 3.51. The fourth-order valence-corrected chi connectivity index (χ4v) is 2.45. The second-order valence-electron chi connectivity index (χ2n) is 5.02. The van der Waals surface area contributed by atoms with Gasteiger partial charge in [-0.25, -0.2) is 15.3 Å². The van der Waals surface area contributed by atoms with Crippen molar-refractivity contribution in [2.75, 3.05) is 0 Å². The first kappa shape index (κ1) is 14.2. The molecule has 22 heavy (non-hydrogen) atoms. The Morgan fingerprint density at radius 2 is 2.41 bits per heavy atom. The van der Waals surface area contributed by atoms with Crippen LogP contribution in [0.15, 0.2) is 41.2 Å². The van der Waals surface area contributed by atoms with E-state index in [0.29, 0.717) is 11.4 Å². The lowest BCUT2D eigenvalue weighted by molar-refractivity contribution is -0.145. The summed E-state index contributed by atoms with van der Waals surface area (Å²) in [5.74, 6) is -0.410. The highest BCUT2D eigenvalue weighted by Crippen LogP contribution is 2.30. The first-order valence-corrected chi connectivity index (χ1v) is 7.04. The third-order valence-corrected chi connectivity index (χ3v) is 3.51. The van der Waals surface area contributed by atoms with E-state index < -0.39 is 12.1 Å². The Hall–Kier alpha value is -2.76. The van der Waals surface area contributed by atoms with E-state index in [1.54, 1.807) is 0 Å². The van der Waals surface area contributed by atoms with Crippen molar-refractivity contribution in [3.05, 3.63) is 47.4 Å². The summed E-state index contributed by atoms with van der Waals surface area (Å²) in [6.45, 7) is 0. The number of carboxylic acid groups (broad SMARTS) is 1. The van der Waals surface area contributed by atoms with Crippen LogP contribution >= 0.6 is 0 Å². The number of benzene rings is 1. The van der Waals surface area contributed by atoms with Crippen molar-refractivity contribution < 1.29 is 19.5 Å². The van der Waals surface area contributed by atoms with Gasteiger partial charge >= 0.3 is 5.97 Å². The van der Waals surface area contributed by atoms with Crippen molar-refractivity contribution in [2.45, 2.75) is 25.4 Å². The van der Waals surface area contributed by atoms with E-state index in [1.807, 2.05) is 24.3 Å². The molecule has 0 bridgehead atoms. The monoisotopic (exact) mass is 300 g/mol. The Kier molecular flexibility index (Phi) is 4.09. The Balaban J connectivity index is 1.80. The number of carboxylic acids is 1. The maximum absolute atomic E-state index is 11.5. The van der Waals surface area contributed by atoms with Gasteiger partial charge in [0.15, 0.2) is 0 Å². The van der Waals surface area contributed by atoms with Crippen LogP contribution in [0.1, 0.15) is 24.0 Å². The number of aliphatic imine (C=N–C) groups is 1. The van der Waals surface area contributed by atoms with E-state index in [1.165, 1.54) is 12.6 Å². The average Bonchev–Trinajstić information content (AvgIpc) is 2.55. The number of hydrogen-bond acceptors (Lipinski definition) is 5. The van der Waals surface area contributed by atoms with Gasteiger partial charge in [-0.15, -0.1) is 0 Å². The Bertz CT molecular complexity index is 664. The molecule has 1 aromatic rings. The van der Waals surface area contributed by atoms with Crippen LogP contribution in [0, 0.1) is 0 Å². The predicted molar refractivity (Wildman–Crippen MR) is 81.3 cm³/mol. The van der Waals surface area contributed by atoms with Crippen LogP contribution < -0.4 is 10.2 Å². The molecule has 1 unspecified atom stereocenters. The fourth-order valence-electron chi connectivity index (χ4n) is 2.45. The lowest BCUT2D eigenvalue weighted by atomic mass is 9.96. The number of hydroxylamine groups is 1. The van der Waals surface area contributed by atoms with Gasteiger partial charge in [-0.1, -0.05) is 24.3 Å². The number of fused-ring (bicyclic) bond motifs is 1.